The van der Waals surface area contributed by atoms with Crippen molar-refractivity contribution in [3.63, 3.8) is 0 Å². The Bertz CT molecular complexity index is 971. The molecule has 0 aliphatic rings. The second kappa shape index (κ2) is 8.86. The molecule has 0 bridgehead atoms. The van der Waals surface area contributed by atoms with E-state index in [1.807, 2.05) is 17.5 Å². The summed E-state index contributed by atoms with van der Waals surface area (Å²) in [4.78, 5) is 27.9. The van der Waals surface area contributed by atoms with Crippen LogP contribution in [0.2, 0.25) is 5.02 Å². The van der Waals surface area contributed by atoms with Gasteiger partial charge in [0.15, 0.2) is 11.2 Å². The van der Waals surface area contributed by atoms with E-state index in [2.05, 4.69) is 15.6 Å². The molecule has 0 aliphatic carbocycles. The average Bonchev–Trinajstić information content (AvgIpc) is 3.12. The summed E-state index contributed by atoms with van der Waals surface area (Å²) in [5.74, 6) is 0.143. The first-order valence-corrected chi connectivity index (χ1v) is 9.73. The maximum Gasteiger partial charge on any atom is 0.266 e. The summed E-state index contributed by atoms with van der Waals surface area (Å²) in [6.45, 7) is 3.13. The van der Waals surface area contributed by atoms with Gasteiger partial charge in [0.05, 0.1) is 5.69 Å². The zero-order valence-corrected chi connectivity index (χ0v) is 16.8. The quantitative estimate of drug-likeness (QED) is 0.604. The molecule has 28 heavy (non-hydrogen) atoms. The molecule has 2 aromatic carbocycles. The highest BCUT2D eigenvalue weighted by Crippen LogP contribution is 2.26. The van der Waals surface area contributed by atoms with Gasteiger partial charge in [0.1, 0.15) is 5.75 Å². The number of anilines is 2. The number of rotatable bonds is 6. The standard InChI is InChI=1S/C20H18ClN3O3S/c1-12(27-17-9-5-15(21)6-10-17)19(26)24-20-23-18(11-28-20)14-3-7-16(8-4-14)22-13(2)25/h3-12H,1-2H3,(H,22,25)(H,23,24,26). The SMILES string of the molecule is CC(=O)Nc1ccc(-c2csc(NC(=O)C(C)Oc3ccc(Cl)cc3)n2)cc1. The van der Waals surface area contributed by atoms with Crippen molar-refractivity contribution in [1.29, 1.82) is 0 Å². The number of amides is 2. The fourth-order valence-electron chi connectivity index (χ4n) is 2.37. The number of nitrogens with zero attached hydrogens (tertiary/aromatic N) is 1. The topological polar surface area (TPSA) is 80.3 Å². The van der Waals surface area contributed by atoms with Crippen molar-refractivity contribution in [2.24, 2.45) is 0 Å². The van der Waals surface area contributed by atoms with Gasteiger partial charge in [-0.2, -0.15) is 0 Å². The Balaban J connectivity index is 1.61. The molecule has 8 heteroatoms. The fraction of sp³-hybridized carbons (Fsp3) is 0.150. The molecule has 0 saturated carbocycles. The van der Waals surface area contributed by atoms with Crippen LogP contribution < -0.4 is 15.4 Å². The van der Waals surface area contributed by atoms with Crippen LogP contribution in [0.3, 0.4) is 0 Å². The summed E-state index contributed by atoms with van der Waals surface area (Å²) in [5, 5.41) is 8.42. The highest BCUT2D eigenvalue weighted by atomic mass is 35.5. The molecule has 0 saturated heterocycles. The van der Waals surface area contributed by atoms with Crippen molar-refractivity contribution >= 4 is 45.6 Å². The van der Waals surface area contributed by atoms with Gasteiger partial charge in [-0.25, -0.2) is 4.98 Å². The molecule has 2 N–H and O–H groups in total. The summed E-state index contributed by atoms with van der Waals surface area (Å²) in [7, 11) is 0. The van der Waals surface area contributed by atoms with Crippen LogP contribution in [0.5, 0.6) is 5.75 Å². The second-order valence-electron chi connectivity index (χ2n) is 6.00. The lowest BCUT2D eigenvalue weighted by Crippen LogP contribution is -2.30. The van der Waals surface area contributed by atoms with E-state index in [1.165, 1.54) is 18.3 Å². The van der Waals surface area contributed by atoms with Crippen molar-refractivity contribution < 1.29 is 14.3 Å². The molecular weight excluding hydrogens is 398 g/mol. The lowest BCUT2D eigenvalue weighted by Gasteiger charge is -2.13. The minimum Gasteiger partial charge on any atom is -0.481 e. The predicted octanol–water partition coefficient (Wildman–Crippen LogP) is 4.83. The van der Waals surface area contributed by atoms with Crippen LogP contribution in [0.4, 0.5) is 10.8 Å². The zero-order valence-electron chi connectivity index (χ0n) is 15.2. The van der Waals surface area contributed by atoms with Crippen LogP contribution >= 0.6 is 22.9 Å². The van der Waals surface area contributed by atoms with E-state index in [0.717, 1.165) is 11.3 Å². The summed E-state index contributed by atoms with van der Waals surface area (Å²) in [5.41, 5.74) is 2.34. The highest BCUT2D eigenvalue weighted by molar-refractivity contribution is 7.14. The molecule has 0 aliphatic heterocycles. The van der Waals surface area contributed by atoms with Crippen LogP contribution in [0.1, 0.15) is 13.8 Å². The Labute approximate surface area is 171 Å². The number of carbonyl (C=O) groups is 2. The highest BCUT2D eigenvalue weighted by Gasteiger charge is 2.17. The number of halogens is 1. The van der Waals surface area contributed by atoms with Gasteiger partial charge in [0, 0.05) is 28.6 Å². The number of aromatic nitrogens is 1. The van der Waals surface area contributed by atoms with Gasteiger partial charge in [0.2, 0.25) is 5.91 Å². The third kappa shape index (κ3) is 5.31. The van der Waals surface area contributed by atoms with Gasteiger partial charge in [-0.15, -0.1) is 11.3 Å². The molecule has 0 fully saturated rings. The maximum atomic E-state index is 12.3. The number of carbonyl (C=O) groups excluding carboxylic acids is 2. The average molecular weight is 416 g/mol. The van der Waals surface area contributed by atoms with Gasteiger partial charge in [0.25, 0.3) is 5.91 Å². The molecule has 6 nitrogen and oxygen atoms in total. The summed E-state index contributed by atoms with van der Waals surface area (Å²) in [6, 6.07) is 14.1. The van der Waals surface area contributed by atoms with Crippen LogP contribution in [-0.2, 0) is 9.59 Å². The van der Waals surface area contributed by atoms with Crippen LogP contribution in [0, 0.1) is 0 Å². The Morgan fingerprint density at radius 3 is 2.39 bits per heavy atom. The number of ether oxygens (including phenoxy) is 1. The number of hydrogen-bond donors (Lipinski definition) is 2. The molecular formula is C20H18ClN3O3S. The van der Waals surface area contributed by atoms with Crippen molar-refractivity contribution in [3.8, 4) is 17.0 Å². The lowest BCUT2D eigenvalue weighted by molar-refractivity contribution is -0.122. The van der Waals surface area contributed by atoms with Gasteiger partial charge < -0.3 is 10.1 Å². The van der Waals surface area contributed by atoms with Crippen LogP contribution in [0.15, 0.2) is 53.9 Å². The first-order valence-electron chi connectivity index (χ1n) is 8.47. The minimum atomic E-state index is -0.689. The largest absolute Gasteiger partial charge is 0.481 e. The van der Waals surface area contributed by atoms with Crippen LogP contribution in [-0.4, -0.2) is 22.9 Å². The Hall–Kier alpha value is -2.90. The summed E-state index contributed by atoms with van der Waals surface area (Å²) >= 11 is 7.17. The van der Waals surface area contributed by atoms with E-state index in [-0.39, 0.29) is 11.8 Å². The number of nitrogens with one attached hydrogen (secondary N) is 2. The van der Waals surface area contributed by atoms with Crippen molar-refractivity contribution in [2.75, 3.05) is 10.6 Å². The van der Waals surface area contributed by atoms with E-state index < -0.39 is 6.10 Å². The van der Waals surface area contributed by atoms with Crippen LogP contribution in [0.25, 0.3) is 11.3 Å². The van der Waals surface area contributed by atoms with E-state index in [9.17, 15) is 9.59 Å². The number of thiazole rings is 1. The van der Waals surface area contributed by atoms with E-state index in [1.54, 1.807) is 43.3 Å². The van der Waals surface area contributed by atoms with Gasteiger partial charge in [-0.05, 0) is 43.3 Å². The zero-order chi connectivity index (χ0) is 20.1. The summed E-state index contributed by atoms with van der Waals surface area (Å²) in [6.07, 6.45) is -0.689. The number of benzene rings is 2. The molecule has 1 heterocycles. The Kier molecular flexibility index (Phi) is 6.28. The molecule has 3 rings (SSSR count). The smallest absolute Gasteiger partial charge is 0.266 e. The van der Waals surface area contributed by atoms with E-state index >= 15 is 0 Å². The Morgan fingerprint density at radius 2 is 1.75 bits per heavy atom. The number of hydrogen-bond acceptors (Lipinski definition) is 5. The molecule has 144 valence electrons. The summed E-state index contributed by atoms with van der Waals surface area (Å²) < 4.78 is 5.61. The van der Waals surface area contributed by atoms with E-state index in [4.69, 9.17) is 16.3 Å². The second-order valence-corrected chi connectivity index (χ2v) is 7.29. The fourth-order valence-corrected chi connectivity index (χ4v) is 3.22. The molecule has 1 unspecified atom stereocenters. The maximum absolute atomic E-state index is 12.3. The van der Waals surface area contributed by atoms with Crippen molar-refractivity contribution in [3.05, 3.63) is 58.9 Å². The van der Waals surface area contributed by atoms with Gasteiger partial charge in [-0.3, -0.25) is 14.9 Å². The molecule has 3 aromatic rings. The third-order valence-electron chi connectivity index (χ3n) is 3.73. The molecule has 1 aromatic heterocycles. The first kappa shape index (κ1) is 19.9. The normalized spacial score (nSPS) is 11.5. The monoisotopic (exact) mass is 415 g/mol. The minimum absolute atomic E-state index is 0.124. The van der Waals surface area contributed by atoms with Crippen molar-refractivity contribution in [1.82, 2.24) is 4.98 Å². The van der Waals surface area contributed by atoms with Gasteiger partial charge in [-0.1, -0.05) is 23.7 Å². The van der Waals surface area contributed by atoms with E-state index in [0.29, 0.717) is 21.6 Å². The molecule has 0 spiro atoms. The first-order chi connectivity index (χ1) is 13.4. The third-order valence-corrected chi connectivity index (χ3v) is 4.74. The molecule has 2 amide bonds. The molecule has 0 radical (unpaired) electrons. The van der Waals surface area contributed by atoms with Gasteiger partial charge >= 0.3 is 0 Å². The van der Waals surface area contributed by atoms with Crippen molar-refractivity contribution in [2.45, 2.75) is 20.0 Å². The predicted molar refractivity (Wildman–Crippen MR) is 112 cm³/mol. The Morgan fingerprint density at radius 1 is 1.07 bits per heavy atom. The molecule has 1 atom stereocenters. The lowest BCUT2D eigenvalue weighted by atomic mass is 10.1.